The summed E-state index contributed by atoms with van der Waals surface area (Å²) in [6.07, 6.45) is 5.96. The number of rotatable bonds is 5. The first kappa shape index (κ1) is 11.2. The normalized spacial score (nSPS) is 14.1. The highest BCUT2D eigenvalue weighted by Crippen LogP contribution is 2.09. The Kier molecular flexibility index (Phi) is 3.65. The predicted molar refractivity (Wildman–Crippen MR) is 52.5 cm³/mol. The summed E-state index contributed by atoms with van der Waals surface area (Å²) in [5, 5.41) is -0.735. The van der Waals surface area contributed by atoms with Crippen LogP contribution in [0, 0.1) is 0 Å². The fourth-order valence-electron chi connectivity index (χ4n) is 1.29. The molecule has 0 spiro atoms. The van der Waals surface area contributed by atoms with Crippen LogP contribution in [0.2, 0.25) is 0 Å². The van der Waals surface area contributed by atoms with Crippen LogP contribution in [-0.4, -0.2) is 27.8 Å². The van der Waals surface area contributed by atoms with Crippen LogP contribution >= 0.6 is 0 Å². The van der Waals surface area contributed by atoms with Gasteiger partial charge in [0, 0.05) is 18.9 Å². The molecule has 0 amide bonds. The van der Waals surface area contributed by atoms with E-state index in [0.29, 0.717) is 6.42 Å². The van der Waals surface area contributed by atoms with E-state index in [1.165, 1.54) is 6.33 Å². The zero-order chi connectivity index (χ0) is 10.6. The lowest BCUT2D eigenvalue weighted by atomic mass is 10.2. The zero-order valence-corrected chi connectivity index (χ0v) is 8.81. The van der Waals surface area contributed by atoms with Gasteiger partial charge in [0.05, 0.1) is 6.33 Å². The minimum atomic E-state index is -3.95. The van der Waals surface area contributed by atoms with Gasteiger partial charge in [-0.2, -0.15) is 8.42 Å². The van der Waals surface area contributed by atoms with Crippen molar-refractivity contribution in [2.75, 3.05) is 0 Å². The molecule has 14 heavy (non-hydrogen) atoms. The van der Waals surface area contributed by atoms with Gasteiger partial charge in [-0.15, -0.1) is 0 Å². The minimum Gasteiger partial charge on any atom is -0.336 e. The molecule has 0 fully saturated rings. The van der Waals surface area contributed by atoms with Crippen molar-refractivity contribution in [1.29, 1.82) is 0 Å². The third kappa shape index (κ3) is 3.12. The second kappa shape index (κ2) is 4.56. The first-order valence-corrected chi connectivity index (χ1v) is 5.96. The molecule has 1 heterocycles. The van der Waals surface area contributed by atoms with Crippen molar-refractivity contribution < 1.29 is 13.0 Å². The topological polar surface area (TPSA) is 72.2 Å². The molecular weight excluding hydrogens is 204 g/mol. The number of imidazole rings is 1. The SMILES string of the molecule is CCCC(Cn1ccnc1)S(=O)(=O)O. The van der Waals surface area contributed by atoms with Crippen LogP contribution in [0.15, 0.2) is 18.7 Å². The Morgan fingerprint density at radius 3 is 2.71 bits per heavy atom. The van der Waals surface area contributed by atoms with E-state index in [-0.39, 0.29) is 6.54 Å². The highest BCUT2D eigenvalue weighted by Gasteiger charge is 2.22. The molecule has 0 saturated heterocycles. The van der Waals surface area contributed by atoms with E-state index in [0.717, 1.165) is 6.42 Å². The third-order valence-corrected chi connectivity index (χ3v) is 3.23. The van der Waals surface area contributed by atoms with Gasteiger partial charge in [-0.1, -0.05) is 13.3 Å². The van der Waals surface area contributed by atoms with Gasteiger partial charge in [-0.3, -0.25) is 4.55 Å². The van der Waals surface area contributed by atoms with Crippen molar-refractivity contribution in [3.63, 3.8) is 0 Å². The van der Waals surface area contributed by atoms with E-state index in [1.54, 1.807) is 17.0 Å². The molecule has 0 aliphatic carbocycles. The summed E-state index contributed by atoms with van der Waals surface area (Å²) in [6, 6.07) is 0. The molecule has 0 aliphatic rings. The monoisotopic (exact) mass is 218 g/mol. The average molecular weight is 218 g/mol. The highest BCUT2D eigenvalue weighted by molar-refractivity contribution is 7.86. The van der Waals surface area contributed by atoms with Gasteiger partial charge in [0.2, 0.25) is 0 Å². The first-order valence-electron chi connectivity index (χ1n) is 4.46. The Labute approximate surface area is 83.5 Å². The summed E-state index contributed by atoms with van der Waals surface area (Å²) in [7, 11) is -3.95. The van der Waals surface area contributed by atoms with E-state index in [2.05, 4.69) is 4.98 Å². The molecule has 80 valence electrons. The molecule has 0 aliphatic heterocycles. The molecule has 1 rings (SSSR count). The van der Waals surface area contributed by atoms with E-state index in [1.807, 2.05) is 6.92 Å². The third-order valence-electron chi connectivity index (χ3n) is 2.01. The van der Waals surface area contributed by atoms with Crippen LogP contribution in [0.25, 0.3) is 0 Å². The van der Waals surface area contributed by atoms with Gasteiger partial charge in [-0.05, 0) is 6.42 Å². The van der Waals surface area contributed by atoms with Crippen molar-refractivity contribution in [1.82, 2.24) is 9.55 Å². The van der Waals surface area contributed by atoms with E-state index in [9.17, 15) is 8.42 Å². The molecule has 1 N–H and O–H groups in total. The Bertz CT molecular complexity index is 358. The number of aromatic nitrogens is 2. The second-order valence-corrected chi connectivity index (χ2v) is 4.88. The largest absolute Gasteiger partial charge is 0.336 e. The summed E-state index contributed by atoms with van der Waals surface area (Å²) in [6.45, 7) is 2.14. The molecule has 1 atom stereocenters. The minimum absolute atomic E-state index is 0.257. The van der Waals surface area contributed by atoms with E-state index in [4.69, 9.17) is 4.55 Å². The van der Waals surface area contributed by atoms with Crippen LogP contribution in [-0.2, 0) is 16.7 Å². The first-order chi connectivity index (χ1) is 6.54. The average Bonchev–Trinajstić information content (AvgIpc) is 2.54. The van der Waals surface area contributed by atoms with Crippen LogP contribution in [0.4, 0.5) is 0 Å². The van der Waals surface area contributed by atoms with Crippen molar-refractivity contribution in [3.05, 3.63) is 18.7 Å². The molecule has 0 saturated carbocycles. The maximum Gasteiger partial charge on any atom is 0.269 e. The van der Waals surface area contributed by atoms with Gasteiger partial charge >= 0.3 is 0 Å². The molecule has 1 aromatic heterocycles. The maximum atomic E-state index is 11.0. The lowest BCUT2D eigenvalue weighted by Gasteiger charge is -2.12. The lowest BCUT2D eigenvalue weighted by molar-refractivity contribution is 0.446. The standard InChI is InChI=1S/C8H14N2O3S/c1-2-3-8(14(11,12)13)6-10-5-4-9-7-10/h4-5,7-8H,2-3,6H2,1H3,(H,11,12,13). The summed E-state index contributed by atoms with van der Waals surface area (Å²) >= 11 is 0. The van der Waals surface area contributed by atoms with E-state index >= 15 is 0 Å². The van der Waals surface area contributed by atoms with Crippen molar-refractivity contribution in [2.45, 2.75) is 31.6 Å². The summed E-state index contributed by atoms with van der Waals surface area (Å²) in [4.78, 5) is 3.80. The van der Waals surface area contributed by atoms with Gasteiger partial charge in [0.1, 0.15) is 5.25 Å². The Morgan fingerprint density at radius 2 is 2.29 bits per heavy atom. The smallest absolute Gasteiger partial charge is 0.269 e. The molecule has 1 unspecified atom stereocenters. The van der Waals surface area contributed by atoms with Crippen LogP contribution in [0.1, 0.15) is 19.8 Å². The second-order valence-electron chi connectivity index (χ2n) is 3.19. The Hall–Kier alpha value is -0.880. The maximum absolute atomic E-state index is 11.0. The van der Waals surface area contributed by atoms with Crippen LogP contribution in [0.3, 0.4) is 0 Å². The Morgan fingerprint density at radius 1 is 1.57 bits per heavy atom. The van der Waals surface area contributed by atoms with Gasteiger partial charge < -0.3 is 4.57 Å². The van der Waals surface area contributed by atoms with Gasteiger partial charge in [0.15, 0.2) is 0 Å². The summed E-state index contributed by atoms with van der Waals surface area (Å²) < 4.78 is 32.5. The summed E-state index contributed by atoms with van der Waals surface area (Å²) in [5.41, 5.74) is 0. The molecule has 0 aromatic carbocycles. The fourth-order valence-corrected chi connectivity index (χ4v) is 2.18. The molecule has 0 radical (unpaired) electrons. The molecule has 5 nitrogen and oxygen atoms in total. The van der Waals surface area contributed by atoms with Gasteiger partial charge in [-0.25, -0.2) is 4.98 Å². The summed E-state index contributed by atoms with van der Waals surface area (Å²) in [5.74, 6) is 0. The Balaban J connectivity index is 2.71. The highest BCUT2D eigenvalue weighted by atomic mass is 32.2. The number of hydrogen-bond donors (Lipinski definition) is 1. The zero-order valence-electron chi connectivity index (χ0n) is 8.00. The predicted octanol–water partition coefficient (Wildman–Crippen LogP) is 0.940. The molecule has 1 aromatic rings. The quantitative estimate of drug-likeness (QED) is 0.746. The number of nitrogens with zero attached hydrogens (tertiary/aromatic N) is 2. The lowest BCUT2D eigenvalue weighted by Crippen LogP contribution is -2.25. The number of hydrogen-bond acceptors (Lipinski definition) is 3. The van der Waals surface area contributed by atoms with Gasteiger partial charge in [0.25, 0.3) is 10.1 Å². The molecule has 0 bridgehead atoms. The van der Waals surface area contributed by atoms with Crippen molar-refractivity contribution >= 4 is 10.1 Å². The van der Waals surface area contributed by atoms with Crippen LogP contribution < -0.4 is 0 Å². The van der Waals surface area contributed by atoms with Crippen molar-refractivity contribution in [2.24, 2.45) is 0 Å². The molecular formula is C8H14N2O3S. The van der Waals surface area contributed by atoms with E-state index < -0.39 is 15.4 Å². The van der Waals surface area contributed by atoms with Crippen molar-refractivity contribution in [3.8, 4) is 0 Å². The fraction of sp³-hybridized carbons (Fsp3) is 0.625. The van der Waals surface area contributed by atoms with Crippen LogP contribution in [0.5, 0.6) is 0 Å². The molecule has 6 heteroatoms.